The Balaban J connectivity index is 1.28. The summed E-state index contributed by atoms with van der Waals surface area (Å²) in [5, 5.41) is 4.62. The van der Waals surface area contributed by atoms with E-state index in [0.29, 0.717) is 17.6 Å². The van der Waals surface area contributed by atoms with Gasteiger partial charge < -0.3 is 4.57 Å². The zero-order valence-electron chi connectivity index (χ0n) is 26.8. The van der Waals surface area contributed by atoms with Crippen molar-refractivity contribution in [2.24, 2.45) is 0 Å². The minimum atomic E-state index is 0.571. The van der Waals surface area contributed by atoms with Gasteiger partial charge >= 0.3 is 0 Å². The maximum Gasteiger partial charge on any atom is 0.238 e. The summed E-state index contributed by atoms with van der Waals surface area (Å²) in [5.41, 5.74) is 9.42. The Morgan fingerprint density at radius 3 is 1.76 bits per heavy atom. The molecular formula is C44H28N6. The number of rotatable bonds is 5. The van der Waals surface area contributed by atoms with Crippen LogP contribution in [0.1, 0.15) is 0 Å². The molecule has 0 amide bonds. The van der Waals surface area contributed by atoms with Gasteiger partial charge in [0, 0.05) is 50.1 Å². The van der Waals surface area contributed by atoms with E-state index in [4.69, 9.17) is 15.0 Å². The van der Waals surface area contributed by atoms with Crippen molar-refractivity contribution >= 4 is 43.6 Å². The fraction of sp³-hybridized carbons (Fsp3) is 0. The topological polar surface area (TPSA) is 61.4 Å². The van der Waals surface area contributed by atoms with Gasteiger partial charge in [-0.05, 0) is 35.9 Å². The number of hydrogen-bond donors (Lipinski definition) is 0. The molecule has 0 aliphatic heterocycles. The van der Waals surface area contributed by atoms with E-state index in [1.165, 1.54) is 10.8 Å². The molecule has 0 bridgehead atoms. The van der Waals surface area contributed by atoms with E-state index >= 15 is 0 Å². The summed E-state index contributed by atoms with van der Waals surface area (Å²) in [4.78, 5) is 19.8. The quantitative estimate of drug-likeness (QED) is 0.188. The van der Waals surface area contributed by atoms with Crippen LogP contribution in [0.2, 0.25) is 0 Å². The molecule has 0 aliphatic rings. The van der Waals surface area contributed by atoms with Crippen LogP contribution >= 0.6 is 0 Å². The summed E-state index contributed by atoms with van der Waals surface area (Å²) in [6.07, 6.45) is 3.82. The first-order chi connectivity index (χ1) is 24.8. The molecule has 0 radical (unpaired) electrons. The molecule has 4 heterocycles. The molecule has 0 saturated carbocycles. The van der Waals surface area contributed by atoms with Gasteiger partial charge in [-0.15, -0.1) is 0 Å². The monoisotopic (exact) mass is 640 g/mol. The Kier molecular flexibility index (Phi) is 6.39. The SMILES string of the molecule is c1ccc(-c2nc(-c3ccccc3)nc(-n3c4ccccc4c4cccc(-c5ccc6c7ccncc7n(-c7ccccc7)c6c5)c43)n2)cc1. The first kappa shape index (κ1) is 28.1. The van der Waals surface area contributed by atoms with Gasteiger partial charge in [0.25, 0.3) is 0 Å². The molecule has 6 nitrogen and oxygen atoms in total. The van der Waals surface area contributed by atoms with E-state index in [1.807, 2.05) is 79.1 Å². The van der Waals surface area contributed by atoms with Gasteiger partial charge in [-0.2, -0.15) is 9.97 Å². The number of nitrogens with zero attached hydrogens (tertiary/aromatic N) is 6. The molecule has 6 aromatic carbocycles. The van der Waals surface area contributed by atoms with Crippen molar-refractivity contribution in [2.45, 2.75) is 0 Å². The van der Waals surface area contributed by atoms with Crippen LogP contribution < -0.4 is 0 Å². The molecule has 0 aliphatic carbocycles. The van der Waals surface area contributed by atoms with E-state index < -0.39 is 0 Å². The lowest BCUT2D eigenvalue weighted by Gasteiger charge is -2.13. The second kappa shape index (κ2) is 11.4. The molecule has 0 atom stereocenters. The Morgan fingerprint density at radius 1 is 0.400 bits per heavy atom. The molecule has 0 unspecified atom stereocenters. The highest BCUT2D eigenvalue weighted by Crippen LogP contribution is 2.40. The first-order valence-corrected chi connectivity index (χ1v) is 16.7. The van der Waals surface area contributed by atoms with Crippen LogP contribution in [-0.4, -0.2) is 29.1 Å². The van der Waals surface area contributed by atoms with Crippen LogP contribution in [0.4, 0.5) is 0 Å². The first-order valence-electron chi connectivity index (χ1n) is 16.7. The maximum absolute atomic E-state index is 5.17. The van der Waals surface area contributed by atoms with Crippen molar-refractivity contribution in [3.63, 3.8) is 0 Å². The minimum absolute atomic E-state index is 0.571. The summed E-state index contributed by atoms with van der Waals surface area (Å²) in [7, 11) is 0. The second-order valence-corrected chi connectivity index (χ2v) is 12.4. The zero-order chi connectivity index (χ0) is 33.0. The number of hydrogen-bond acceptors (Lipinski definition) is 4. The summed E-state index contributed by atoms with van der Waals surface area (Å²) in [5.74, 6) is 1.82. The Bertz CT molecular complexity index is 2800. The fourth-order valence-corrected chi connectivity index (χ4v) is 7.25. The van der Waals surface area contributed by atoms with Gasteiger partial charge in [0.2, 0.25) is 5.95 Å². The fourth-order valence-electron chi connectivity index (χ4n) is 7.25. The van der Waals surface area contributed by atoms with Crippen molar-refractivity contribution < 1.29 is 0 Å². The van der Waals surface area contributed by atoms with E-state index in [-0.39, 0.29) is 0 Å². The van der Waals surface area contributed by atoms with E-state index in [0.717, 1.165) is 60.8 Å². The van der Waals surface area contributed by atoms with Crippen LogP contribution in [0.5, 0.6) is 0 Å². The van der Waals surface area contributed by atoms with Crippen molar-refractivity contribution in [3.05, 3.63) is 170 Å². The third kappa shape index (κ3) is 4.43. The number of aromatic nitrogens is 6. The van der Waals surface area contributed by atoms with Crippen molar-refractivity contribution in [1.29, 1.82) is 0 Å². The smallest absolute Gasteiger partial charge is 0.238 e. The van der Waals surface area contributed by atoms with Gasteiger partial charge in [-0.25, -0.2) is 4.98 Å². The molecule has 6 heteroatoms. The maximum atomic E-state index is 5.17. The van der Waals surface area contributed by atoms with Crippen LogP contribution in [0.3, 0.4) is 0 Å². The summed E-state index contributed by atoms with van der Waals surface area (Å²) >= 11 is 0. The van der Waals surface area contributed by atoms with Crippen molar-refractivity contribution in [3.8, 4) is 45.5 Å². The number of fused-ring (bicyclic) bond motifs is 6. The van der Waals surface area contributed by atoms with E-state index in [9.17, 15) is 0 Å². The number of para-hydroxylation sites is 3. The lowest BCUT2D eigenvalue weighted by molar-refractivity contribution is 0.954. The van der Waals surface area contributed by atoms with Crippen molar-refractivity contribution in [2.75, 3.05) is 0 Å². The molecule has 0 saturated heterocycles. The van der Waals surface area contributed by atoms with Crippen LogP contribution in [0.15, 0.2) is 170 Å². The highest BCUT2D eigenvalue weighted by Gasteiger charge is 2.21. The van der Waals surface area contributed by atoms with Gasteiger partial charge in [0.15, 0.2) is 11.6 Å². The summed E-state index contributed by atoms with van der Waals surface area (Å²) in [6.45, 7) is 0. The average molecular weight is 641 g/mol. The molecule has 10 aromatic rings. The molecule has 50 heavy (non-hydrogen) atoms. The predicted octanol–water partition coefficient (Wildman–Crippen LogP) is 10.5. The summed E-state index contributed by atoms with van der Waals surface area (Å²) in [6, 6.07) is 54.7. The molecule has 10 rings (SSSR count). The Labute approximate surface area is 287 Å². The highest BCUT2D eigenvalue weighted by atomic mass is 15.2. The molecule has 4 aromatic heterocycles. The zero-order valence-corrected chi connectivity index (χ0v) is 26.8. The second-order valence-electron chi connectivity index (χ2n) is 12.4. The number of pyridine rings is 1. The highest BCUT2D eigenvalue weighted by molar-refractivity contribution is 6.15. The Morgan fingerprint density at radius 2 is 1.02 bits per heavy atom. The normalized spacial score (nSPS) is 11.6. The third-order valence-corrected chi connectivity index (χ3v) is 9.48. The van der Waals surface area contributed by atoms with Gasteiger partial charge in [-0.1, -0.05) is 127 Å². The third-order valence-electron chi connectivity index (χ3n) is 9.48. The largest absolute Gasteiger partial charge is 0.308 e. The lowest BCUT2D eigenvalue weighted by atomic mass is 10.0. The predicted molar refractivity (Wildman–Crippen MR) is 203 cm³/mol. The molecule has 0 N–H and O–H groups in total. The number of benzene rings is 6. The van der Waals surface area contributed by atoms with Crippen LogP contribution in [0, 0.1) is 0 Å². The van der Waals surface area contributed by atoms with E-state index in [2.05, 4.69) is 105 Å². The molecule has 0 spiro atoms. The average Bonchev–Trinajstić information content (AvgIpc) is 3.71. The van der Waals surface area contributed by atoms with Crippen LogP contribution in [0.25, 0.3) is 89.2 Å². The van der Waals surface area contributed by atoms with Gasteiger partial charge in [0.05, 0.1) is 28.3 Å². The lowest BCUT2D eigenvalue weighted by Crippen LogP contribution is -2.07. The van der Waals surface area contributed by atoms with Crippen LogP contribution in [-0.2, 0) is 0 Å². The van der Waals surface area contributed by atoms with Gasteiger partial charge in [0.1, 0.15) is 0 Å². The molecule has 234 valence electrons. The van der Waals surface area contributed by atoms with Gasteiger partial charge in [-0.3, -0.25) is 9.55 Å². The Hall–Kier alpha value is -6.92. The molecule has 0 fully saturated rings. The molecular weight excluding hydrogens is 613 g/mol. The standard InChI is InChI=1S/C44H28N6/c1-4-13-29(14-5-1)42-46-43(30-15-6-2-7-16-30)48-44(47-42)50-38-22-11-10-19-34(38)37-21-12-20-33(41(37)50)31-23-24-35-36-25-26-45-28-40(36)49(39(35)27-31)32-17-8-3-9-18-32/h1-28H. The summed E-state index contributed by atoms with van der Waals surface area (Å²) < 4.78 is 4.52. The minimum Gasteiger partial charge on any atom is -0.308 e. The van der Waals surface area contributed by atoms with E-state index in [1.54, 1.807) is 0 Å². The van der Waals surface area contributed by atoms with Crippen molar-refractivity contribution in [1.82, 2.24) is 29.1 Å².